The maximum absolute atomic E-state index is 12.5. The van der Waals surface area contributed by atoms with Crippen molar-refractivity contribution >= 4 is 17.7 Å². The summed E-state index contributed by atoms with van der Waals surface area (Å²) in [7, 11) is 0. The Morgan fingerprint density at radius 2 is 2.14 bits per heavy atom. The van der Waals surface area contributed by atoms with Crippen LogP contribution in [0.5, 0.6) is 0 Å². The van der Waals surface area contributed by atoms with Gasteiger partial charge in [0.2, 0.25) is 5.89 Å². The maximum atomic E-state index is 12.5. The molecule has 0 bridgehead atoms. The van der Waals surface area contributed by atoms with Gasteiger partial charge in [-0.05, 0) is 43.9 Å². The van der Waals surface area contributed by atoms with Crippen LogP contribution in [0, 0.1) is 6.92 Å². The number of rotatable bonds is 3. The molecule has 21 heavy (non-hydrogen) atoms. The Balaban J connectivity index is 1.68. The maximum Gasteiger partial charge on any atom is 0.253 e. The Bertz CT molecular complexity index is 639. The smallest absolute Gasteiger partial charge is 0.253 e. The molecule has 1 aliphatic heterocycles. The van der Waals surface area contributed by atoms with E-state index in [0.29, 0.717) is 18.3 Å². The van der Waals surface area contributed by atoms with Crippen molar-refractivity contribution in [2.24, 2.45) is 0 Å². The summed E-state index contributed by atoms with van der Waals surface area (Å²) in [4.78, 5) is 19.8. The molecule has 1 atom stereocenters. The molecule has 0 N–H and O–H groups in total. The van der Waals surface area contributed by atoms with Crippen LogP contribution < -0.4 is 0 Å². The lowest BCUT2D eigenvalue weighted by Gasteiger charge is -2.16. The minimum Gasteiger partial charge on any atom is -0.339 e. The fourth-order valence-corrected chi connectivity index (χ4v) is 2.95. The first-order valence-electron chi connectivity index (χ1n) is 6.91. The summed E-state index contributed by atoms with van der Waals surface area (Å²) in [5.41, 5.74) is 0.732. The number of nitrogens with zero attached hydrogens (tertiary/aromatic N) is 3. The van der Waals surface area contributed by atoms with Crippen LogP contribution in [0.2, 0.25) is 0 Å². The molecule has 2 heterocycles. The van der Waals surface area contributed by atoms with E-state index in [2.05, 4.69) is 10.1 Å². The van der Waals surface area contributed by atoms with Crippen molar-refractivity contribution in [3.63, 3.8) is 0 Å². The van der Waals surface area contributed by atoms with Crippen LogP contribution in [0.4, 0.5) is 0 Å². The Morgan fingerprint density at radius 1 is 1.38 bits per heavy atom. The predicted octanol–water partition coefficient (Wildman–Crippen LogP) is 2.73. The van der Waals surface area contributed by atoms with Gasteiger partial charge in [-0.1, -0.05) is 5.16 Å². The zero-order valence-corrected chi connectivity index (χ0v) is 12.9. The minimum atomic E-state index is 0.0707. The zero-order chi connectivity index (χ0) is 14.8. The summed E-state index contributed by atoms with van der Waals surface area (Å²) in [6, 6.07) is 7.73. The van der Waals surface area contributed by atoms with E-state index in [9.17, 15) is 4.79 Å². The second kappa shape index (κ2) is 5.89. The van der Waals surface area contributed by atoms with Crippen LogP contribution in [0.1, 0.15) is 34.4 Å². The van der Waals surface area contributed by atoms with Gasteiger partial charge in [0.05, 0.1) is 5.92 Å². The van der Waals surface area contributed by atoms with Crippen molar-refractivity contribution in [2.75, 3.05) is 19.3 Å². The second-order valence-electron chi connectivity index (χ2n) is 5.15. The number of benzene rings is 1. The van der Waals surface area contributed by atoms with Gasteiger partial charge in [0.15, 0.2) is 5.82 Å². The van der Waals surface area contributed by atoms with Gasteiger partial charge in [-0.2, -0.15) is 4.98 Å². The van der Waals surface area contributed by atoms with Gasteiger partial charge in [-0.15, -0.1) is 11.8 Å². The lowest BCUT2D eigenvalue weighted by molar-refractivity contribution is 0.0789. The molecule has 110 valence electrons. The van der Waals surface area contributed by atoms with Gasteiger partial charge >= 0.3 is 0 Å². The number of likely N-dealkylation sites (tertiary alicyclic amines) is 1. The third-order valence-corrected chi connectivity index (χ3v) is 4.45. The monoisotopic (exact) mass is 303 g/mol. The van der Waals surface area contributed by atoms with E-state index in [4.69, 9.17) is 4.52 Å². The van der Waals surface area contributed by atoms with Gasteiger partial charge in [0, 0.05) is 23.5 Å². The molecule has 1 unspecified atom stereocenters. The summed E-state index contributed by atoms with van der Waals surface area (Å²) < 4.78 is 5.21. The molecule has 1 fully saturated rings. The summed E-state index contributed by atoms with van der Waals surface area (Å²) in [5.74, 6) is 1.50. The van der Waals surface area contributed by atoms with Gasteiger partial charge in [-0.25, -0.2) is 0 Å². The fraction of sp³-hybridized carbons (Fsp3) is 0.400. The van der Waals surface area contributed by atoms with E-state index in [1.807, 2.05) is 35.4 Å². The summed E-state index contributed by atoms with van der Waals surface area (Å²) in [6.45, 7) is 3.18. The Morgan fingerprint density at radius 3 is 2.76 bits per heavy atom. The van der Waals surface area contributed by atoms with Gasteiger partial charge < -0.3 is 9.42 Å². The van der Waals surface area contributed by atoms with Crippen LogP contribution in [0.25, 0.3) is 0 Å². The molecular weight excluding hydrogens is 286 g/mol. The first-order chi connectivity index (χ1) is 10.2. The topological polar surface area (TPSA) is 59.2 Å². The van der Waals surface area contributed by atoms with E-state index in [1.165, 1.54) is 0 Å². The van der Waals surface area contributed by atoms with Crippen LogP contribution >= 0.6 is 11.8 Å². The molecular formula is C15H17N3O2S. The molecule has 2 aromatic rings. The van der Waals surface area contributed by atoms with Crippen molar-refractivity contribution in [3.05, 3.63) is 41.5 Å². The molecule has 0 spiro atoms. The molecule has 1 aromatic heterocycles. The first kappa shape index (κ1) is 14.1. The van der Waals surface area contributed by atoms with Crippen LogP contribution in [0.3, 0.4) is 0 Å². The average Bonchev–Trinajstić information content (AvgIpc) is 3.15. The van der Waals surface area contributed by atoms with E-state index >= 15 is 0 Å². The van der Waals surface area contributed by atoms with E-state index in [-0.39, 0.29) is 11.8 Å². The highest BCUT2D eigenvalue weighted by Crippen LogP contribution is 2.27. The van der Waals surface area contributed by atoms with Crippen molar-refractivity contribution in [1.82, 2.24) is 15.0 Å². The van der Waals surface area contributed by atoms with Gasteiger partial charge in [0.1, 0.15) is 0 Å². The molecule has 0 radical (unpaired) electrons. The van der Waals surface area contributed by atoms with Crippen molar-refractivity contribution in [3.8, 4) is 0 Å². The predicted molar refractivity (Wildman–Crippen MR) is 80.5 cm³/mol. The number of amides is 1. The number of aryl methyl sites for hydroxylation is 1. The third kappa shape index (κ3) is 2.95. The Labute approximate surface area is 127 Å². The molecule has 1 aromatic carbocycles. The van der Waals surface area contributed by atoms with Crippen LogP contribution in [-0.4, -0.2) is 40.3 Å². The number of hydrogen-bond donors (Lipinski definition) is 0. The van der Waals surface area contributed by atoms with Gasteiger partial charge in [0.25, 0.3) is 5.91 Å². The van der Waals surface area contributed by atoms with Gasteiger partial charge in [-0.3, -0.25) is 4.79 Å². The number of thioether (sulfide) groups is 1. The third-order valence-electron chi connectivity index (χ3n) is 3.70. The SMILES string of the molecule is CSc1ccc(C(=O)N2CCC(c3nc(C)no3)C2)cc1. The molecule has 5 nitrogen and oxygen atoms in total. The standard InChI is InChI=1S/C15H17N3O2S/c1-10-16-14(20-17-10)12-7-8-18(9-12)15(19)11-3-5-13(21-2)6-4-11/h3-6,12H,7-9H2,1-2H3. The number of carbonyl (C=O) groups is 1. The second-order valence-corrected chi connectivity index (χ2v) is 6.02. The van der Waals surface area contributed by atoms with Crippen molar-refractivity contribution < 1.29 is 9.32 Å². The van der Waals surface area contributed by atoms with E-state index in [0.717, 1.165) is 23.4 Å². The van der Waals surface area contributed by atoms with Crippen molar-refractivity contribution in [1.29, 1.82) is 0 Å². The minimum absolute atomic E-state index is 0.0707. The number of aromatic nitrogens is 2. The number of carbonyl (C=O) groups excluding carboxylic acids is 1. The molecule has 0 saturated carbocycles. The fourth-order valence-electron chi connectivity index (χ4n) is 2.54. The highest BCUT2D eigenvalue weighted by atomic mass is 32.2. The molecule has 1 amide bonds. The molecule has 3 rings (SSSR count). The summed E-state index contributed by atoms with van der Waals surface area (Å²) >= 11 is 1.67. The first-order valence-corrected chi connectivity index (χ1v) is 8.13. The lowest BCUT2D eigenvalue weighted by atomic mass is 10.1. The lowest BCUT2D eigenvalue weighted by Crippen LogP contribution is -2.28. The van der Waals surface area contributed by atoms with Crippen LogP contribution in [0.15, 0.2) is 33.7 Å². The van der Waals surface area contributed by atoms with Crippen LogP contribution in [-0.2, 0) is 0 Å². The number of hydrogen-bond acceptors (Lipinski definition) is 5. The summed E-state index contributed by atoms with van der Waals surface area (Å²) in [6.07, 6.45) is 2.89. The largest absolute Gasteiger partial charge is 0.339 e. The molecule has 1 aliphatic rings. The molecule has 0 aliphatic carbocycles. The quantitative estimate of drug-likeness (QED) is 0.816. The zero-order valence-electron chi connectivity index (χ0n) is 12.1. The van der Waals surface area contributed by atoms with Crippen molar-refractivity contribution in [2.45, 2.75) is 24.2 Å². The summed E-state index contributed by atoms with van der Waals surface area (Å²) in [5, 5.41) is 3.82. The molecule has 1 saturated heterocycles. The molecule has 6 heteroatoms. The highest BCUT2D eigenvalue weighted by Gasteiger charge is 2.31. The highest BCUT2D eigenvalue weighted by molar-refractivity contribution is 7.98. The Hall–Kier alpha value is -1.82. The van der Waals surface area contributed by atoms with E-state index in [1.54, 1.807) is 18.7 Å². The van der Waals surface area contributed by atoms with E-state index < -0.39 is 0 Å². The average molecular weight is 303 g/mol. The normalized spacial score (nSPS) is 18.2. The Kier molecular flexibility index (Phi) is 3.96.